The predicted molar refractivity (Wildman–Crippen MR) is 62.1 cm³/mol. The number of imidazole rings is 1. The first-order valence-corrected chi connectivity index (χ1v) is 5.60. The van der Waals surface area contributed by atoms with E-state index in [1.54, 1.807) is 11.6 Å². The molecule has 2 aromatic heterocycles. The number of fused-ring (bicyclic) bond motifs is 1. The molecule has 0 aliphatic rings. The summed E-state index contributed by atoms with van der Waals surface area (Å²) < 4.78 is 1.48. The summed E-state index contributed by atoms with van der Waals surface area (Å²) in [6.07, 6.45) is 1.65. The van der Waals surface area contributed by atoms with E-state index in [9.17, 15) is 10.1 Å². The molecule has 7 nitrogen and oxygen atoms in total. The number of nitrogens with one attached hydrogen (secondary N) is 2. The van der Waals surface area contributed by atoms with Gasteiger partial charge in [-0.3, -0.25) is 0 Å². The van der Waals surface area contributed by atoms with E-state index in [-0.39, 0.29) is 5.82 Å². The van der Waals surface area contributed by atoms with Crippen LogP contribution in [0.3, 0.4) is 0 Å². The number of nitro groups is 1. The molecule has 0 spiro atoms. The summed E-state index contributed by atoms with van der Waals surface area (Å²) in [6.45, 7) is 1.32. The number of thiazole rings is 1. The zero-order valence-corrected chi connectivity index (χ0v) is 9.45. The highest BCUT2D eigenvalue weighted by atomic mass is 32.1. The largest absolute Gasteiger partial charge is 0.372 e. The first-order valence-electron chi connectivity index (χ1n) is 4.72. The Balaban J connectivity index is 2.32. The average molecular weight is 241 g/mol. The maximum absolute atomic E-state index is 10.9. The van der Waals surface area contributed by atoms with Gasteiger partial charge in [-0.05, 0) is 12.0 Å². The minimum Gasteiger partial charge on any atom is -0.362 e. The summed E-state index contributed by atoms with van der Waals surface area (Å²) in [6, 6.07) is 0. The van der Waals surface area contributed by atoms with Gasteiger partial charge in [-0.15, -0.1) is 0 Å². The van der Waals surface area contributed by atoms with E-state index in [2.05, 4.69) is 15.6 Å². The number of aromatic nitrogens is 2. The SMILES string of the molecule is CNCCNc1nc2sccn2c1[N+](=O)[O-]. The smallest absolute Gasteiger partial charge is 0.362 e. The van der Waals surface area contributed by atoms with Gasteiger partial charge in [0.25, 0.3) is 4.96 Å². The minimum atomic E-state index is -0.422. The standard InChI is InChI=1S/C8H11N5O2S/c1-9-2-3-10-6-7(13(14)15)12-4-5-16-8(12)11-6/h4-5,9-10H,2-3H2,1H3. The summed E-state index contributed by atoms with van der Waals surface area (Å²) >= 11 is 1.37. The molecule has 0 aliphatic carbocycles. The Morgan fingerprint density at radius 1 is 1.62 bits per heavy atom. The summed E-state index contributed by atoms with van der Waals surface area (Å²) in [5, 5.41) is 18.6. The number of hydrogen-bond donors (Lipinski definition) is 2. The fourth-order valence-corrected chi connectivity index (χ4v) is 2.08. The summed E-state index contributed by atoms with van der Waals surface area (Å²) in [5.74, 6) is 0.319. The lowest BCUT2D eigenvalue weighted by Crippen LogP contribution is -2.18. The van der Waals surface area contributed by atoms with Crippen molar-refractivity contribution in [2.75, 3.05) is 25.5 Å². The molecular weight excluding hydrogens is 230 g/mol. The minimum absolute atomic E-state index is 0.00708. The molecular formula is C8H11N5O2S. The van der Waals surface area contributed by atoms with Crippen LogP contribution in [-0.4, -0.2) is 34.4 Å². The van der Waals surface area contributed by atoms with Crippen LogP contribution in [0, 0.1) is 10.1 Å². The first-order chi connectivity index (χ1) is 7.74. The van der Waals surface area contributed by atoms with Gasteiger partial charge in [-0.1, -0.05) is 11.3 Å². The lowest BCUT2D eigenvalue weighted by atomic mass is 10.5. The number of nitrogens with zero attached hydrogens (tertiary/aromatic N) is 3. The summed E-state index contributed by atoms with van der Waals surface area (Å²) in [4.78, 5) is 15.3. The number of hydrogen-bond acceptors (Lipinski definition) is 6. The molecule has 16 heavy (non-hydrogen) atoms. The van der Waals surface area contributed by atoms with Crippen LogP contribution < -0.4 is 10.6 Å². The van der Waals surface area contributed by atoms with Crippen LogP contribution in [0.1, 0.15) is 0 Å². The molecule has 2 aromatic rings. The Kier molecular flexibility index (Phi) is 3.02. The highest BCUT2D eigenvalue weighted by Crippen LogP contribution is 2.27. The van der Waals surface area contributed by atoms with Crippen LogP contribution in [0.25, 0.3) is 4.96 Å². The molecule has 0 aromatic carbocycles. The second-order valence-corrected chi connectivity index (χ2v) is 4.00. The Morgan fingerprint density at radius 2 is 2.44 bits per heavy atom. The molecule has 0 atom stereocenters. The van der Waals surface area contributed by atoms with Crippen molar-refractivity contribution >= 4 is 27.9 Å². The zero-order valence-electron chi connectivity index (χ0n) is 8.64. The first kappa shape index (κ1) is 10.8. The van der Waals surface area contributed by atoms with Crippen molar-refractivity contribution in [2.24, 2.45) is 0 Å². The van der Waals surface area contributed by atoms with E-state index in [0.29, 0.717) is 17.3 Å². The van der Waals surface area contributed by atoms with Gasteiger partial charge in [0.1, 0.15) is 6.20 Å². The average Bonchev–Trinajstić information content (AvgIpc) is 2.76. The molecule has 0 radical (unpaired) electrons. The second kappa shape index (κ2) is 4.45. The van der Waals surface area contributed by atoms with Crippen molar-refractivity contribution in [3.8, 4) is 0 Å². The second-order valence-electron chi connectivity index (χ2n) is 3.13. The maximum atomic E-state index is 10.9. The Hall–Kier alpha value is -1.67. The molecule has 86 valence electrons. The quantitative estimate of drug-likeness (QED) is 0.462. The van der Waals surface area contributed by atoms with Gasteiger partial charge in [0, 0.05) is 18.5 Å². The monoisotopic (exact) mass is 241 g/mol. The van der Waals surface area contributed by atoms with Crippen molar-refractivity contribution in [3.05, 3.63) is 21.7 Å². The van der Waals surface area contributed by atoms with E-state index in [1.807, 2.05) is 7.05 Å². The molecule has 0 saturated carbocycles. The van der Waals surface area contributed by atoms with Crippen molar-refractivity contribution in [2.45, 2.75) is 0 Å². The molecule has 2 rings (SSSR count). The lowest BCUT2D eigenvalue weighted by Gasteiger charge is -2.01. The highest BCUT2D eigenvalue weighted by Gasteiger charge is 2.22. The van der Waals surface area contributed by atoms with Gasteiger partial charge in [-0.25, -0.2) is 0 Å². The van der Waals surface area contributed by atoms with Crippen LogP contribution in [0.15, 0.2) is 11.6 Å². The lowest BCUT2D eigenvalue weighted by molar-refractivity contribution is -0.389. The van der Waals surface area contributed by atoms with Gasteiger partial charge in [-0.2, -0.15) is 9.38 Å². The van der Waals surface area contributed by atoms with Gasteiger partial charge >= 0.3 is 5.82 Å². The Bertz CT molecular complexity index is 505. The van der Waals surface area contributed by atoms with Crippen LogP contribution in [0.4, 0.5) is 11.6 Å². The van der Waals surface area contributed by atoms with Crippen LogP contribution in [0.2, 0.25) is 0 Å². The van der Waals surface area contributed by atoms with Gasteiger partial charge < -0.3 is 20.7 Å². The highest BCUT2D eigenvalue weighted by molar-refractivity contribution is 7.15. The molecule has 2 N–H and O–H groups in total. The van der Waals surface area contributed by atoms with E-state index in [1.165, 1.54) is 15.7 Å². The van der Waals surface area contributed by atoms with Crippen molar-refractivity contribution in [3.63, 3.8) is 0 Å². The Labute approximate surface area is 95.3 Å². The van der Waals surface area contributed by atoms with Crippen LogP contribution in [0.5, 0.6) is 0 Å². The number of rotatable bonds is 5. The van der Waals surface area contributed by atoms with Gasteiger partial charge in [0.2, 0.25) is 5.82 Å². The summed E-state index contributed by atoms with van der Waals surface area (Å²) in [7, 11) is 1.82. The summed E-state index contributed by atoms with van der Waals surface area (Å²) in [5.41, 5.74) is 0. The normalized spacial score (nSPS) is 10.8. The number of likely N-dealkylation sites (N-methyl/N-ethyl adjacent to an activating group) is 1. The molecule has 0 bridgehead atoms. The maximum Gasteiger partial charge on any atom is 0.372 e. The molecule has 0 fully saturated rings. The van der Waals surface area contributed by atoms with Crippen molar-refractivity contribution in [1.82, 2.24) is 14.7 Å². The number of anilines is 1. The third-order valence-corrected chi connectivity index (χ3v) is 2.83. The predicted octanol–water partition coefficient (Wildman–Crippen LogP) is 0.935. The fourth-order valence-electron chi connectivity index (χ4n) is 1.37. The van der Waals surface area contributed by atoms with Gasteiger partial charge in [0.15, 0.2) is 0 Å². The van der Waals surface area contributed by atoms with Crippen molar-refractivity contribution < 1.29 is 4.92 Å². The molecule has 0 amide bonds. The Morgan fingerprint density at radius 3 is 3.12 bits per heavy atom. The molecule has 0 unspecified atom stereocenters. The van der Waals surface area contributed by atoms with Crippen LogP contribution in [-0.2, 0) is 0 Å². The zero-order chi connectivity index (χ0) is 11.5. The van der Waals surface area contributed by atoms with E-state index >= 15 is 0 Å². The van der Waals surface area contributed by atoms with Gasteiger partial charge in [0.05, 0.1) is 0 Å². The molecule has 2 heterocycles. The van der Waals surface area contributed by atoms with E-state index in [0.717, 1.165) is 6.54 Å². The third-order valence-electron chi connectivity index (χ3n) is 2.08. The topological polar surface area (TPSA) is 84.5 Å². The fraction of sp³-hybridized carbons (Fsp3) is 0.375. The van der Waals surface area contributed by atoms with Crippen LogP contribution >= 0.6 is 11.3 Å². The molecule has 0 saturated heterocycles. The van der Waals surface area contributed by atoms with E-state index in [4.69, 9.17) is 0 Å². The van der Waals surface area contributed by atoms with Crippen molar-refractivity contribution in [1.29, 1.82) is 0 Å². The van der Waals surface area contributed by atoms with E-state index < -0.39 is 4.92 Å². The molecule has 0 aliphatic heterocycles. The third kappa shape index (κ3) is 1.84. The molecule has 8 heteroatoms.